The highest BCUT2D eigenvalue weighted by Gasteiger charge is 2.28. The lowest BCUT2D eigenvalue weighted by Gasteiger charge is -2.23. The number of hydrogen-bond donors (Lipinski definition) is 1. The number of anilines is 1. The van der Waals surface area contributed by atoms with Crippen LogP contribution in [-0.4, -0.2) is 31.5 Å². The van der Waals surface area contributed by atoms with E-state index in [1.54, 1.807) is 24.3 Å². The van der Waals surface area contributed by atoms with Crippen LogP contribution in [0.1, 0.15) is 12.5 Å². The third-order valence-corrected chi connectivity index (χ3v) is 5.75. The predicted molar refractivity (Wildman–Crippen MR) is 109 cm³/mol. The number of amides is 1. The standard InChI is InChI=1S/C19H17ClFN3O4S/c1-12-16(19(25)22-14-5-8-18(21)17(20)9-14)11-24(29(26,27)23-12)10-13-3-6-15(28-2)7-4-13/h3-9,11H,10H2,1-2H3,(H,22,25). The summed E-state index contributed by atoms with van der Waals surface area (Å²) in [5.41, 5.74) is 1.06. The molecule has 0 bridgehead atoms. The molecule has 10 heteroatoms. The highest BCUT2D eigenvalue weighted by atomic mass is 35.5. The van der Waals surface area contributed by atoms with Crippen LogP contribution in [0.4, 0.5) is 10.1 Å². The molecule has 0 unspecified atom stereocenters. The van der Waals surface area contributed by atoms with Gasteiger partial charge in [0, 0.05) is 11.9 Å². The average molecular weight is 438 g/mol. The van der Waals surface area contributed by atoms with Gasteiger partial charge < -0.3 is 10.1 Å². The Labute approximate surface area is 172 Å². The first-order valence-electron chi connectivity index (χ1n) is 8.39. The second-order valence-corrected chi connectivity index (χ2v) is 8.13. The van der Waals surface area contributed by atoms with E-state index in [1.807, 2.05) is 0 Å². The van der Waals surface area contributed by atoms with Gasteiger partial charge in [-0.2, -0.15) is 8.42 Å². The molecule has 2 aromatic rings. The molecule has 1 aliphatic rings. The first-order valence-corrected chi connectivity index (χ1v) is 10.2. The van der Waals surface area contributed by atoms with Crippen molar-refractivity contribution in [3.63, 3.8) is 0 Å². The van der Waals surface area contributed by atoms with Gasteiger partial charge in [0.05, 0.1) is 30.0 Å². The van der Waals surface area contributed by atoms with E-state index in [0.717, 1.165) is 10.4 Å². The second kappa shape index (κ2) is 8.22. The third-order valence-electron chi connectivity index (χ3n) is 4.13. The fraction of sp³-hybridized carbons (Fsp3) is 0.158. The van der Waals surface area contributed by atoms with Crippen molar-refractivity contribution in [3.8, 4) is 5.75 Å². The molecular formula is C19H17ClFN3O4S. The maximum atomic E-state index is 13.3. The van der Waals surface area contributed by atoms with Crippen molar-refractivity contribution in [1.29, 1.82) is 0 Å². The van der Waals surface area contributed by atoms with Crippen LogP contribution < -0.4 is 10.1 Å². The summed E-state index contributed by atoms with van der Waals surface area (Å²) in [4.78, 5) is 12.6. The minimum absolute atomic E-state index is 0.0116. The number of halogens is 2. The number of nitrogens with one attached hydrogen (secondary N) is 1. The number of carbonyl (C=O) groups excluding carboxylic acids is 1. The summed E-state index contributed by atoms with van der Waals surface area (Å²) in [6.07, 6.45) is 1.22. The summed E-state index contributed by atoms with van der Waals surface area (Å²) in [5.74, 6) is -0.572. The maximum Gasteiger partial charge on any atom is 0.344 e. The van der Waals surface area contributed by atoms with Gasteiger partial charge in [0.15, 0.2) is 0 Å². The van der Waals surface area contributed by atoms with Crippen LogP contribution in [0.15, 0.2) is 58.6 Å². The molecule has 0 saturated heterocycles. The SMILES string of the molecule is COc1ccc(CN2C=C(C(=O)Nc3ccc(F)c(Cl)c3)C(C)=NS2(=O)=O)cc1. The lowest BCUT2D eigenvalue weighted by Crippen LogP contribution is -2.32. The number of carbonyl (C=O) groups is 1. The lowest BCUT2D eigenvalue weighted by atomic mass is 10.1. The summed E-state index contributed by atoms with van der Waals surface area (Å²) in [5, 5.41) is 2.42. The van der Waals surface area contributed by atoms with Crippen LogP contribution in [0.25, 0.3) is 0 Å². The molecule has 1 aliphatic heterocycles. The van der Waals surface area contributed by atoms with E-state index >= 15 is 0 Å². The molecule has 0 aromatic heterocycles. The number of hydrogen-bond acceptors (Lipinski definition) is 4. The van der Waals surface area contributed by atoms with Gasteiger partial charge in [-0.05, 0) is 42.8 Å². The molecule has 1 heterocycles. The Morgan fingerprint density at radius 3 is 2.55 bits per heavy atom. The highest BCUT2D eigenvalue weighted by molar-refractivity contribution is 7.88. The van der Waals surface area contributed by atoms with Gasteiger partial charge in [-0.15, -0.1) is 4.40 Å². The molecule has 1 N–H and O–H groups in total. The molecule has 0 saturated carbocycles. The van der Waals surface area contributed by atoms with Crippen LogP contribution in [-0.2, 0) is 21.5 Å². The summed E-state index contributed by atoms with van der Waals surface area (Å²) >= 11 is 5.72. The molecule has 0 atom stereocenters. The van der Waals surface area contributed by atoms with Crippen molar-refractivity contribution >= 4 is 39.1 Å². The van der Waals surface area contributed by atoms with E-state index in [0.29, 0.717) is 11.3 Å². The molecule has 0 spiro atoms. The van der Waals surface area contributed by atoms with Crippen LogP contribution >= 0.6 is 11.6 Å². The maximum absolute atomic E-state index is 13.3. The smallest absolute Gasteiger partial charge is 0.344 e. The molecule has 7 nitrogen and oxygen atoms in total. The highest BCUT2D eigenvalue weighted by Crippen LogP contribution is 2.23. The predicted octanol–water partition coefficient (Wildman–Crippen LogP) is 3.53. The van der Waals surface area contributed by atoms with E-state index in [1.165, 1.54) is 32.4 Å². The summed E-state index contributed by atoms with van der Waals surface area (Å²) in [6.45, 7) is 1.41. The normalized spacial score (nSPS) is 15.4. The summed E-state index contributed by atoms with van der Waals surface area (Å²) in [6, 6.07) is 10.6. The summed E-state index contributed by atoms with van der Waals surface area (Å²) in [7, 11) is -2.44. The van der Waals surface area contributed by atoms with Crippen molar-refractivity contribution < 1.29 is 22.3 Å². The molecule has 1 amide bonds. The van der Waals surface area contributed by atoms with E-state index in [9.17, 15) is 17.6 Å². The quantitative estimate of drug-likeness (QED) is 0.775. The minimum Gasteiger partial charge on any atom is -0.497 e. The van der Waals surface area contributed by atoms with Gasteiger partial charge in [-0.1, -0.05) is 23.7 Å². The van der Waals surface area contributed by atoms with E-state index in [2.05, 4.69) is 9.71 Å². The molecule has 2 aromatic carbocycles. The largest absolute Gasteiger partial charge is 0.497 e. The van der Waals surface area contributed by atoms with Crippen LogP contribution in [0, 0.1) is 5.82 Å². The zero-order valence-corrected chi connectivity index (χ0v) is 17.1. The Morgan fingerprint density at radius 2 is 1.93 bits per heavy atom. The Hall–Kier alpha value is -2.91. The van der Waals surface area contributed by atoms with Gasteiger partial charge in [0.2, 0.25) is 0 Å². The number of ether oxygens (including phenoxy) is 1. The van der Waals surface area contributed by atoms with Gasteiger partial charge in [-0.3, -0.25) is 9.10 Å². The van der Waals surface area contributed by atoms with Crippen molar-refractivity contribution in [2.75, 3.05) is 12.4 Å². The van der Waals surface area contributed by atoms with Gasteiger partial charge >= 0.3 is 10.2 Å². The summed E-state index contributed by atoms with van der Waals surface area (Å²) < 4.78 is 47.8. The molecule has 3 rings (SSSR count). The van der Waals surface area contributed by atoms with E-state index in [4.69, 9.17) is 16.3 Å². The second-order valence-electron chi connectivity index (χ2n) is 6.17. The molecular weight excluding hydrogens is 421 g/mol. The minimum atomic E-state index is -3.98. The van der Waals surface area contributed by atoms with E-state index in [-0.39, 0.29) is 28.5 Å². The molecule has 0 radical (unpaired) electrons. The Bertz CT molecular complexity index is 1110. The van der Waals surface area contributed by atoms with Crippen molar-refractivity contribution in [2.24, 2.45) is 4.40 Å². The zero-order chi connectivity index (χ0) is 21.2. The van der Waals surface area contributed by atoms with Crippen LogP contribution in [0.5, 0.6) is 5.75 Å². The van der Waals surface area contributed by atoms with Gasteiger partial charge in [0.1, 0.15) is 11.6 Å². The van der Waals surface area contributed by atoms with Gasteiger partial charge in [0.25, 0.3) is 5.91 Å². The van der Waals surface area contributed by atoms with Crippen molar-refractivity contribution in [3.05, 3.63) is 70.6 Å². The molecule has 152 valence electrons. The Balaban J connectivity index is 1.85. The number of methoxy groups -OCH3 is 1. The lowest BCUT2D eigenvalue weighted by molar-refractivity contribution is -0.112. The van der Waals surface area contributed by atoms with Crippen LogP contribution in [0.2, 0.25) is 5.02 Å². The van der Waals surface area contributed by atoms with Crippen molar-refractivity contribution in [1.82, 2.24) is 4.31 Å². The van der Waals surface area contributed by atoms with E-state index < -0.39 is 21.9 Å². The Kier molecular flexibility index (Phi) is 5.90. The fourth-order valence-electron chi connectivity index (χ4n) is 2.61. The molecule has 0 fully saturated rings. The number of nitrogens with zero attached hydrogens (tertiary/aromatic N) is 2. The average Bonchev–Trinajstić information content (AvgIpc) is 2.67. The monoisotopic (exact) mass is 437 g/mol. The zero-order valence-electron chi connectivity index (χ0n) is 15.5. The Morgan fingerprint density at radius 1 is 1.24 bits per heavy atom. The number of rotatable bonds is 5. The fourth-order valence-corrected chi connectivity index (χ4v) is 3.89. The topological polar surface area (TPSA) is 88.1 Å². The molecule has 0 aliphatic carbocycles. The number of benzene rings is 2. The van der Waals surface area contributed by atoms with Gasteiger partial charge in [-0.25, -0.2) is 4.39 Å². The third kappa shape index (κ3) is 4.75. The van der Waals surface area contributed by atoms with Crippen molar-refractivity contribution in [2.45, 2.75) is 13.5 Å². The first-order chi connectivity index (χ1) is 13.7. The van der Waals surface area contributed by atoms with Crippen LogP contribution in [0.3, 0.4) is 0 Å². The first kappa shape index (κ1) is 20.8. The molecule has 29 heavy (non-hydrogen) atoms.